The SMILES string of the molecule is COC(C)(/C=C(/C)OC(C)=O)OC. The van der Waals surface area contributed by atoms with Crippen molar-refractivity contribution in [2.45, 2.75) is 26.6 Å². The summed E-state index contributed by atoms with van der Waals surface area (Å²) in [7, 11) is 3.03. The van der Waals surface area contributed by atoms with Crippen molar-refractivity contribution in [1.29, 1.82) is 0 Å². The molecular formula is C9H16O4. The zero-order valence-corrected chi connectivity index (χ0v) is 8.71. The number of carbonyl (C=O) groups excluding carboxylic acids is 1. The predicted molar refractivity (Wildman–Crippen MR) is 47.9 cm³/mol. The van der Waals surface area contributed by atoms with Crippen molar-refractivity contribution in [3.8, 4) is 0 Å². The highest BCUT2D eigenvalue weighted by Crippen LogP contribution is 2.14. The summed E-state index contributed by atoms with van der Waals surface area (Å²) in [6, 6.07) is 0. The first-order valence-electron chi connectivity index (χ1n) is 3.91. The highest BCUT2D eigenvalue weighted by molar-refractivity contribution is 5.67. The number of hydrogen-bond acceptors (Lipinski definition) is 4. The fourth-order valence-electron chi connectivity index (χ4n) is 0.827. The van der Waals surface area contributed by atoms with Gasteiger partial charge in [-0.15, -0.1) is 0 Å². The number of methoxy groups -OCH3 is 2. The van der Waals surface area contributed by atoms with Gasteiger partial charge in [0.1, 0.15) is 5.76 Å². The molecule has 4 heteroatoms. The quantitative estimate of drug-likeness (QED) is 0.380. The standard InChI is InChI=1S/C9H16O4/c1-7(13-8(2)10)6-9(3,11-4)12-5/h6H,1-5H3/b7-6-. The molecule has 0 aliphatic heterocycles. The van der Waals surface area contributed by atoms with Gasteiger partial charge in [-0.05, 0) is 13.8 Å². The molecule has 0 aromatic carbocycles. The Morgan fingerprint density at radius 2 is 1.69 bits per heavy atom. The van der Waals surface area contributed by atoms with E-state index < -0.39 is 5.79 Å². The maximum Gasteiger partial charge on any atom is 0.307 e. The van der Waals surface area contributed by atoms with E-state index in [2.05, 4.69) is 0 Å². The number of esters is 1. The molecule has 0 aliphatic rings. The second-order valence-electron chi connectivity index (χ2n) is 2.77. The molecule has 0 fully saturated rings. The van der Waals surface area contributed by atoms with Crippen LogP contribution in [-0.2, 0) is 19.0 Å². The molecule has 0 amide bonds. The Bertz CT molecular complexity index is 204. The lowest BCUT2D eigenvalue weighted by atomic mass is 10.3. The number of ether oxygens (including phenoxy) is 3. The Balaban J connectivity index is 4.41. The summed E-state index contributed by atoms with van der Waals surface area (Å²) in [5.41, 5.74) is 0. The van der Waals surface area contributed by atoms with E-state index in [4.69, 9.17) is 14.2 Å². The third-order valence-electron chi connectivity index (χ3n) is 1.58. The van der Waals surface area contributed by atoms with Crippen LogP contribution in [0.4, 0.5) is 0 Å². The molecule has 0 aromatic rings. The van der Waals surface area contributed by atoms with Crippen LogP contribution in [0.15, 0.2) is 11.8 Å². The lowest BCUT2D eigenvalue weighted by Gasteiger charge is -2.22. The summed E-state index contributed by atoms with van der Waals surface area (Å²) in [5.74, 6) is -0.749. The Morgan fingerprint density at radius 1 is 1.23 bits per heavy atom. The summed E-state index contributed by atoms with van der Waals surface area (Å²) in [4.78, 5) is 10.6. The molecule has 0 heterocycles. The van der Waals surface area contributed by atoms with Gasteiger partial charge in [-0.1, -0.05) is 0 Å². The first kappa shape index (κ1) is 12.1. The zero-order chi connectivity index (χ0) is 10.5. The van der Waals surface area contributed by atoms with E-state index in [1.807, 2.05) is 0 Å². The van der Waals surface area contributed by atoms with Crippen molar-refractivity contribution < 1.29 is 19.0 Å². The molecule has 0 spiro atoms. The van der Waals surface area contributed by atoms with Crippen LogP contribution in [0.25, 0.3) is 0 Å². The molecule has 13 heavy (non-hydrogen) atoms. The Hall–Kier alpha value is -0.870. The molecule has 0 N–H and O–H groups in total. The minimum Gasteiger partial charge on any atom is -0.432 e. The highest BCUT2D eigenvalue weighted by atomic mass is 16.7. The molecule has 0 atom stereocenters. The fourth-order valence-corrected chi connectivity index (χ4v) is 0.827. The summed E-state index contributed by atoms with van der Waals surface area (Å²) in [6.45, 7) is 4.73. The van der Waals surface area contributed by atoms with Gasteiger partial charge in [-0.3, -0.25) is 4.79 Å². The lowest BCUT2D eigenvalue weighted by Crippen LogP contribution is -2.27. The van der Waals surface area contributed by atoms with E-state index in [9.17, 15) is 4.79 Å². The van der Waals surface area contributed by atoms with Crippen LogP contribution in [0.5, 0.6) is 0 Å². The maximum atomic E-state index is 10.6. The molecule has 0 radical (unpaired) electrons. The van der Waals surface area contributed by atoms with Gasteiger partial charge in [0.15, 0.2) is 5.79 Å². The number of hydrogen-bond donors (Lipinski definition) is 0. The van der Waals surface area contributed by atoms with Gasteiger partial charge in [-0.25, -0.2) is 0 Å². The number of allylic oxidation sites excluding steroid dienone is 1. The van der Waals surface area contributed by atoms with Crippen LogP contribution in [0.2, 0.25) is 0 Å². The van der Waals surface area contributed by atoms with E-state index in [-0.39, 0.29) is 5.97 Å². The van der Waals surface area contributed by atoms with Gasteiger partial charge in [0, 0.05) is 27.2 Å². The predicted octanol–water partition coefficient (Wildman–Crippen LogP) is 1.46. The van der Waals surface area contributed by atoms with E-state index in [1.54, 1.807) is 19.9 Å². The van der Waals surface area contributed by atoms with Crippen LogP contribution >= 0.6 is 0 Å². The van der Waals surface area contributed by atoms with Gasteiger partial charge in [0.05, 0.1) is 0 Å². The van der Waals surface area contributed by atoms with Crippen LogP contribution in [0, 0.1) is 0 Å². The van der Waals surface area contributed by atoms with E-state index in [1.165, 1.54) is 21.1 Å². The average Bonchev–Trinajstić information content (AvgIpc) is 2.02. The molecule has 0 unspecified atom stereocenters. The minimum absolute atomic E-state index is 0.358. The van der Waals surface area contributed by atoms with E-state index in [0.717, 1.165) is 0 Å². The van der Waals surface area contributed by atoms with Crippen molar-refractivity contribution in [1.82, 2.24) is 0 Å². The zero-order valence-electron chi connectivity index (χ0n) is 8.71. The van der Waals surface area contributed by atoms with Crippen LogP contribution in [-0.4, -0.2) is 26.0 Å². The molecule has 0 saturated carbocycles. The van der Waals surface area contributed by atoms with Gasteiger partial charge in [0.25, 0.3) is 0 Å². The van der Waals surface area contributed by atoms with Crippen molar-refractivity contribution in [2.75, 3.05) is 14.2 Å². The molecule has 0 bridgehead atoms. The first-order valence-corrected chi connectivity index (χ1v) is 3.91. The van der Waals surface area contributed by atoms with Crippen molar-refractivity contribution in [3.05, 3.63) is 11.8 Å². The second kappa shape index (κ2) is 4.99. The lowest BCUT2D eigenvalue weighted by molar-refractivity contribution is -0.158. The Kier molecular flexibility index (Phi) is 4.66. The topological polar surface area (TPSA) is 44.8 Å². The average molecular weight is 188 g/mol. The molecule has 76 valence electrons. The fraction of sp³-hybridized carbons (Fsp3) is 0.667. The summed E-state index contributed by atoms with van der Waals surface area (Å²) in [6.07, 6.45) is 1.59. The van der Waals surface area contributed by atoms with Crippen LogP contribution in [0.3, 0.4) is 0 Å². The Labute approximate surface area is 78.5 Å². The molecule has 4 nitrogen and oxygen atoms in total. The molecule has 0 saturated heterocycles. The monoisotopic (exact) mass is 188 g/mol. The third kappa shape index (κ3) is 4.65. The third-order valence-corrected chi connectivity index (χ3v) is 1.58. The smallest absolute Gasteiger partial charge is 0.307 e. The molecule has 0 aliphatic carbocycles. The minimum atomic E-state index is -0.848. The van der Waals surface area contributed by atoms with Gasteiger partial charge in [0.2, 0.25) is 0 Å². The summed E-state index contributed by atoms with van der Waals surface area (Å²) >= 11 is 0. The summed E-state index contributed by atoms with van der Waals surface area (Å²) in [5, 5.41) is 0. The summed E-state index contributed by atoms with van der Waals surface area (Å²) < 4.78 is 14.9. The molecule has 0 rings (SSSR count). The van der Waals surface area contributed by atoms with Gasteiger partial charge in [-0.2, -0.15) is 0 Å². The van der Waals surface area contributed by atoms with Gasteiger partial charge < -0.3 is 14.2 Å². The van der Waals surface area contributed by atoms with Crippen molar-refractivity contribution in [2.24, 2.45) is 0 Å². The van der Waals surface area contributed by atoms with E-state index in [0.29, 0.717) is 5.76 Å². The number of carbonyl (C=O) groups is 1. The number of rotatable bonds is 4. The van der Waals surface area contributed by atoms with E-state index >= 15 is 0 Å². The molecular weight excluding hydrogens is 172 g/mol. The van der Waals surface area contributed by atoms with Gasteiger partial charge >= 0.3 is 5.97 Å². The van der Waals surface area contributed by atoms with Crippen molar-refractivity contribution in [3.63, 3.8) is 0 Å². The Morgan fingerprint density at radius 3 is 2.00 bits per heavy atom. The van der Waals surface area contributed by atoms with Crippen molar-refractivity contribution >= 4 is 5.97 Å². The molecule has 0 aromatic heterocycles. The van der Waals surface area contributed by atoms with Crippen LogP contribution in [0.1, 0.15) is 20.8 Å². The first-order chi connectivity index (χ1) is 5.93. The van der Waals surface area contributed by atoms with Crippen LogP contribution < -0.4 is 0 Å². The maximum absolute atomic E-state index is 10.6. The largest absolute Gasteiger partial charge is 0.432 e. The highest BCUT2D eigenvalue weighted by Gasteiger charge is 2.20. The second-order valence-corrected chi connectivity index (χ2v) is 2.77. The normalized spacial score (nSPS) is 12.8.